The highest BCUT2D eigenvalue weighted by molar-refractivity contribution is 5.74. The first-order chi connectivity index (χ1) is 18.3. The maximum Gasteiger partial charge on any atom is 0.373 e. The Morgan fingerprint density at radius 1 is 1.03 bits per heavy atom. The van der Waals surface area contributed by atoms with Crippen LogP contribution in [0.1, 0.15) is 51.1 Å². The highest BCUT2D eigenvalue weighted by Gasteiger charge is 2.20. The van der Waals surface area contributed by atoms with Gasteiger partial charge in [-0.2, -0.15) is 14.9 Å². The van der Waals surface area contributed by atoms with E-state index in [1.54, 1.807) is 29.1 Å². The second-order valence-electron chi connectivity index (χ2n) is 8.86. The number of nitrogens with zero attached hydrogens (tertiary/aromatic N) is 7. The van der Waals surface area contributed by atoms with Gasteiger partial charge in [-0.3, -0.25) is 4.98 Å². The molecule has 11 heteroatoms. The van der Waals surface area contributed by atoms with Crippen LogP contribution in [-0.2, 0) is 21.5 Å². The summed E-state index contributed by atoms with van der Waals surface area (Å²) in [5.41, 5.74) is 10.7. The lowest BCUT2D eigenvalue weighted by Gasteiger charge is -2.22. The number of anilines is 1. The van der Waals surface area contributed by atoms with Crippen molar-refractivity contribution in [2.75, 3.05) is 12.3 Å². The zero-order chi connectivity index (χ0) is 27.7. The summed E-state index contributed by atoms with van der Waals surface area (Å²) in [5.74, 6) is 0.555. The molecular formula is C27H28N8O3. The Balaban J connectivity index is 0.00000127. The van der Waals surface area contributed by atoms with Crippen molar-refractivity contribution < 1.29 is 14.3 Å². The second-order valence-corrected chi connectivity index (χ2v) is 8.86. The minimum Gasteiger partial charge on any atom is -0.492 e. The Morgan fingerprint density at radius 3 is 2.42 bits per heavy atom. The highest BCUT2D eigenvalue weighted by Crippen LogP contribution is 2.33. The first-order valence-electron chi connectivity index (χ1n) is 11.9. The van der Waals surface area contributed by atoms with Gasteiger partial charge in [-0.05, 0) is 43.7 Å². The van der Waals surface area contributed by atoms with Crippen molar-refractivity contribution in [2.24, 2.45) is 0 Å². The van der Waals surface area contributed by atoms with Crippen molar-refractivity contribution in [3.8, 4) is 34.5 Å². The molecule has 2 N–H and O–H groups in total. The number of carbonyl (C=O) groups excluding carboxylic acids is 2. The number of nitrogen functional groups attached to an aromatic ring is 1. The molecule has 11 nitrogen and oxygen atoms in total. The average Bonchev–Trinajstić information content (AvgIpc) is 3.38. The van der Waals surface area contributed by atoms with Gasteiger partial charge in [0.2, 0.25) is 5.95 Å². The molecule has 0 fully saturated rings. The molecule has 38 heavy (non-hydrogen) atoms. The number of aromatic nitrogens is 6. The summed E-state index contributed by atoms with van der Waals surface area (Å²) in [7, 11) is 0. The molecular weight excluding hydrogens is 484 g/mol. The Kier molecular flexibility index (Phi) is 8.98. The molecule has 0 unspecified atom stereocenters. The van der Waals surface area contributed by atoms with Crippen LogP contribution in [0.2, 0.25) is 0 Å². The Morgan fingerprint density at radius 2 is 1.74 bits per heavy atom. The van der Waals surface area contributed by atoms with Crippen LogP contribution in [0, 0.1) is 11.3 Å². The van der Waals surface area contributed by atoms with Gasteiger partial charge in [-0.25, -0.2) is 14.6 Å². The van der Waals surface area contributed by atoms with Crippen LogP contribution < -0.4 is 10.5 Å². The summed E-state index contributed by atoms with van der Waals surface area (Å²) in [6, 6.07) is 15.3. The van der Waals surface area contributed by atoms with E-state index >= 15 is 0 Å². The number of rotatable bonds is 8. The Labute approximate surface area is 220 Å². The fourth-order valence-corrected chi connectivity index (χ4v) is 3.65. The second kappa shape index (κ2) is 12.3. The van der Waals surface area contributed by atoms with Crippen LogP contribution in [0.25, 0.3) is 22.6 Å². The Hall–Kier alpha value is -4.94. The summed E-state index contributed by atoms with van der Waals surface area (Å²) >= 11 is 0. The van der Waals surface area contributed by atoms with E-state index in [9.17, 15) is 5.26 Å². The lowest BCUT2D eigenvalue weighted by molar-refractivity contribution is -0.191. The van der Waals surface area contributed by atoms with Gasteiger partial charge < -0.3 is 10.5 Å². The minimum atomic E-state index is 0.00160. The first-order valence-corrected chi connectivity index (χ1v) is 11.9. The van der Waals surface area contributed by atoms with E-state index in [-0.39, 0.29) is 17.5 Å². The molecule has 0 saturated carbocycles. The lowest BCUT2D eigenvalue weighted by Crippen LogP contribution is -2.18. The van der Waals surface area contributed by atoms with Crippen molar-refractivity contribution in [3.05, 3.63) is 65.6 Å². The number of pyridine rings is 1. The third-order valence-electron chi connectivity index (χ3n) is 5.95. The predicted molar refractivity (Wildman–Crippen MR) is 138 cm³/mol. The molecule has 1 aromatic carbocycles. The van der Waals surface area contributed by atoms with Crippen molar-refractivity contribution in [1.82, 2.24) is 29.9 Å². The monoisotopic (exact) mass is 512 g/mol. The molecule has 0 atom stereocenters. The third kappa shape index (κ3) is 6.43. The zero-order valence-corrected chi connectivity index (χ0v) is 21.7. The molecule has 4 aromatic rings. The third-order valence-corrected chi connectivity index (χ3v) is 5.95. The van der Waals surface area contributed by atoms with E-state index in [0.717, 1.165) is 17.8 Å². The largest absolute Gasteiger partial charge is 0.492 e. The molecule has 0 amide bonds. The van der Waals surface area contributed by atoms with Crippen molar-refractivity contribution >= 4 is 12.1 Å². The molecule has 3 aromatic heterocycles. The Bertz CT molecular complexity index is 1480. The van der Waals surface area contributed by atoms with Crippen LogP contribution in [0.4, 0.5) is 5.95 Å². The average molecular weight is 513 g/mol. The van der Waals surface area contributed by atoms with Crippen molar-refractivity contribution in [3.63, 3.8) is 0 Å². The maximum absolute atomic E-state index is 9.49. The van der Waals surface area contributed by atoms with Crippen LogP contribution in [0.3, 0.4) is 0 Å². The van der Waals surface area contributed by atoms with E-state index in [2.05, 4.69) is 53.2 Å². The number of benzene rings is 1. The summed E-state index contributed by atoms with van der Waals surface area (Å²) in [6.07, 6.45) is 3.05. The highest BCUT2D eigenvalue weighted by atomic mass is 16.5. The number of nitriles is 1. The number of hydrogen-bond acceptors (Lipinski definition) is 10. The molecule has 3 heterocycles. The number of nitrogens with two attached hydrogens (primary N) is 1. The van der Waals surface area contributed by atoms with Crippen LogP contribution in [0.5, 0.6) is 5.75 Å². The van der Waals surface area contributed by atoms with E-state index < -0.39 is 0 Å². The maximum atomic E-state index is 9.49. The van der Waals surface area contributed by atoms with Gasteiger partial charge in [-0.1, -0.05) is 38.1 Å². The molecule has 0 aliphatic rings. The summed E-state index contributed by atoms with van der Waals surface area (Å²) in [6.45, 7) is 9.29. The molecule has 0 spiro atoms. The molecule has 0 aliphatic heterocycles. The molecule has 0 radical (unpaired) electrons. The quantitative estimate of drug-likeness (QED) is 0.367. The van der Waals surface area contributed by atoms with Crippen molar-refractivity contribution in [1.29, 1.82) is 5.26 Å². The molecule has 0 bridgehead atoms. The standard InChI is InChI=1S/C26H28N8O.CO2/c1-5-26(3,4)23-12-8-10-18(29-23)15-34-16-22(32-33-34)21-13-20(30-25(28)31-21)19-11-7-9-17(14-27)24(19)35-6-2;2-1-3/h7-13,16H,5-6,15H2,1-4H3,(H2,28,30,31);. The number of ether oxygens (including phenoxy) is 1. The summed E-state index contributed by atoms with van der Waals surface area (Å²) in [4.78, 5) is 29.8. The van der Waals surface area contributed by atoms with Gasteiger partial charge >= 0.3 is 6.15 Å². The lowest BCUT2D eigenvalue weighted by atomic mass is 9.86. The van der Waals surface area contributed by atoms with Gasteiger partial charge in [0.05, 0.1) is 42.0 Å². The zero-order valence-electron chi connectivity index (χ0n) is 21.7. The topological polar surface area (TPSA) is 163 Å². The van der Waals surface area contributed by atoms with Crippen LogP contribution in [-0.4, -0.2) is 42.7 Å². The smallest absolute Gasteiger partial charge is 0.373 e. The van der Waals surface area contributed by atoms with E-state index in [0.29, 0.717) is 47.1 Å². The molecule has 0 saturated heterocycles. The van der Waals surface area contributed by atoms with E-state index in [1.807, 2.05) is 25.1 Å². The van der Waals surface area contributed by atoms with Crippen molar-refractivity contribution in [2.45, 2.75) is 46.1 Å². The van der Waals surface area contributed by atoms with Gasteiger partial charge in [0.15, 0.2) is 0 Å². The van der Waals surface area contributed by atoms with Gasteiger partial charge in [0.1, 0.15) is 17.5 Å². The normalized spacial score (nSPS) is 10.6. The van der Waals surface area contributed by atoms with E-state index in [4.69, 9.17) is 25.0 Å². The minimum absolute atomic E-state index is 0.00160. The van der Waals surface area contributed by atoms with Gasteiger partial charge in [0.25, 0.3) is 0 Å². The fourth-order valence-electron chi connectivity index (χ4n) is 3.65. The molecule has 4 rings (SSSR count). The SMILES string of the molecule is CCOc1c(C#N)cccc1-c1cc(-c2cn(Cc3cccc(C(C)(C)CC)n3)nn2)nc(N)n1.O=C=O. The van der Waals surface area contributed by atoms with Crippen LogP contribution >= 0.6 is 0 Å². The number of hydrogen-bond donors (Lipinski definition) is 1. The first kappa shape index (κ1) is 27.6. The fraction of sp³-hybridized carbons (Fsp3) is 0.296. The summed E-state index contributed by atoms with van der Waals surface area (Å²) < 4.78 is 7.47. The van der Waals surface area contributed by atoms with Crippen LogP contribution in [0.15, 0.2) is 48.7 Å². The van der Waals surface area contributed by atoms with Gasteiger partial charge in [-0.15, -0.1) is 5.10 Å². The summed E-state index contributed by atoms with van der Waals surface area (Å²) in [5, 5.41) is 18.0. The van der Waals surface area contributed by atoms with E-state index in [1.165, 1.54) is 0 Å². The predicted octanol–water partition coefficient (Wildman–Crippen LogP) is 3.80. The van der Waals surface area contributed by atoms with Gasteiger partial charge in [0, 0.05) is 16.7 Å². The molecule has 194 valence electrons. The molecule has 0 aliphatic carbocycles. The number of para-hydroxylation sites is 1.